The van der Waals surface area contributed by atoms with Crippen LogP contribution in [-0.4, -0.2) is 68.1 Å². The van der Waals surface area contributed by atoms with Crippen LogP contribution in [0.5, 0.6) is 0 Å². The molecule has 1 aromatic rings. The van der Waals surface area contributed by atoms with Gasteiger partial charge in [0, 0.05) is 45.8 Å². The van der Waals surface area contributed by atoms with Crippen LogP contribution in [-0.2, 0) is 6.54 Å². The summed E-state index contributed by atoms with van der Waals surface area (Å²) in [5.41, 5.74) is 1.15. The lowest BCUT2D eigenvalue weighted by molar-refractivity contribution is 0.120. The maximum Gasteiger partial charge on any atom is 0.140 e. The molecule has 0 unspecified atom stereocenters. The van der Waals surface area contributed by atoms with Gasteiger partial charge in [-0.05, 0) is 31.8 Å². The van der Waals surface area contributed by atoms with Crippen molar-refractivity contribution < 1.29 is 4.39 Å². The molecule has 0 bridgehead atoms. The number of piperazine rings is 1. The van der Waals surface area contributed by atoms with Gasteiger partial charge in [0.05, 0.1) is 5.56 Å². The molecule has 0 N–H and O–H groups in total. The van der Waals surface area contributed by atoms with Crippen LogP contribution in [0.25, 0.3) is 0 Å². The Morgan fingerprint density at radius 1 is 1.19 bits per heavy atom. The van der Waals surface area contributed by atoms with Crippen molar-refractivity contribution in [3.63, 3.8) is 0 Å². The number of nitrogens with zero attached hydrogens (tertiary/aromatic N) is 4. The van der Waals surface area contributed by atoms with Crippen molar-refractivity contribution in [2.45, 2.75) is 6.54 Å². The maximum absolute atomic E-state index is 13.3. The molecular weight excluding hydrogens is 267 g/mol. The van der Waals surface area contributed by atoms with Crippen LogP contribution < -0.4 is 0 Å². The zero-order valence-corrected chi connectivity index (χ0v) is 12.8. The fourth-order valence-electron chi connectivity index (χ4n) is 2.53. The van der Waals surface area contributed by atoms with Crippen LogP contribution in [0, 0.1) is 17.1 Å². The second kappa shape index (κ2) is 7.51. The number of hydrogen-bond acceptors (Lipinski definition) is 4. The highest BCUT2D eigenvalue weighted by atomic mass is 19.1. The van der Waals surface area contributed by atoms with Gasteiger partial charge in [-0.1, -0.05) is 6.07 Å². The normalized spacial score (nSPS) is 17.1. The van der Waals surface area contributed by atoms with Crippen molar-refractivity contribution in [3.05, 3.63) is 35.1 Å². The molecule has 0 aliphatic carbocycles. The SMILES string of the molecule is CN(C)CCN1CCN(Cc2ccc(F)c(C#N)c2)CC1. The quantitative estimate of drug-likeness (QED) is 0.820. The lowest BCUT2D eigenvalue weighted by Gasteiger charge is -2.35. The van der Waals surface area contributed by atoms with Gasteiger partial charge in [0.1, 0.15) is 11.9 Å². The summed E-state index contributed by atoms with van der Waals surface area (Å²) in [6.07, 6.45) is 0. The first-order valence-corrected chi connectivity index (χ1v) is 7.36. The average molecular weight is 290 g/mol. The summed E-state index contributed by atoms with van der Waals surface area (Å²) in [4.78, 5) is 7.04. The zero-order valence-electron chi connectivity index (χ0n) is 12.8. The molecule has 4 nitrogen and oxygen atoms in total. The van der Waals surface area contributed by atoms with Gasteiger partial charge in [0.15, 0.2) is 0 Å². The summed E-state index contributed by atoms with van der Waals surface area (Å²) in [6.45, 7) is 7.16. The maximum atomic E-state index is 13.3. The Kier molecular flexibility index (Phi) is 5.68. The van der Waals surface area contributed by atoms with Crippen LogP contribution in [0.1, 0.15) is 11.1 Å². The first-order chi connectivity index (χ1) is 10.1. The molecule has 1 aliphatic heterocycles. The third-order valence-electron chi connectivity index (χ3n) is 3.89. The summed E-state index contributed by atoms with van der Waals surface area (Å²) < 4.78 is 13.3. The fraction of sp³-hybridized carbons (Fsp3) is 0.562. The molecule has 0 spiro atoms. The van der Waals surface area contributed by atoms with E-state index in [-0.39, 0.29) is 5.56 Å². The topological polar surface area (TPSA) is 33.5 Å². The second-order valence-corrected chi connectivity index (χ2v) is 5.85. The van der Waals surface area contributed by atoms with Gasteiger partial charge in [-0.2, -0.15) is 5.26 Å². The molecule has 0 atom stereocenters. The molecular formula is C16H23FN4. The molecule has 21 heavy (non-hydrogen) atoms. The van der Waals surface area contributed by atoms with Crippen LogP contribution in [0.3, 0.4) is 0 Å². The second-order valence-electron chi connectivity index (χ2n) is 5.85. The Hall–Kier alpha value is -1.48. The van der Waals surface area contributed by atoms with Crippen molar-refractivity contribution in [2.24, 2.45) is 0 Å². The molecule has 2 rings (SSSR count). The zero-order chi connectivity index (χ0) is 15.2. The molecule has 1 aromatic carbocycles. The van der Waals surface area contributed by atoms with E-state index in [1.165, 1.54) is 6.07 Å². The average Bonchev–Trinajstić information content (AvgIpc) is 2.48. The number of nitriles is 1. The molecule has 5 heteroatoms. The van der Waals surface area contributed by atoms with E-state index in [0.717, 1.165) is 51.4 Å². The molecule has 0 radical (unpaired) electrons. The minimum atomic E-state index is -0.435. The molecule has 114 valence electrons. The number of hydrogen-bond donors (Lipinski definition) is 0. The summed E-state index contributed by atoms with van der Waals surface area (Å²) in [5, 5.41) is 8.87. The van der Waals surface area contributed by atoms with Crippen molar-refractivity contribution in [2.75, 3.05) is 53.4 Å². The minimum absolute atomic E-state index is 0.136. The van der Waals surface area contributed by atoms with Crippen LogP contribution in [0.4, 0.5) is 4.39 Å². The highest BCUT2D eigenvalue weighted by Crippen LogP contribution is 2.13. The van der Waals surface area contributed by atoms with E-state index in [1.54, 1.807) is 12.1 Å². The molecule has 0 aromatic heterocycles. The predicted octanol–water partition coefficient (Wildman–Crippen LogP) is 1.38. The summed E-state index contributed by atoms with van der Waals surface area (Å²) >= 11 is 0. The third kappa shape index (κ3) is 4.78. The van der Waals surface area contributed by atoms with E-state index in [0.29, 0.717) is 0 Å². The van der Waals surface area contributed by atoms with Gasteiger partial charge in [-0.3, -0.25) is 9.80 Å². The van der Waals surface area contributed by atoms with Gasteiger partial charge in [0.2, 0.25) is 0 Å². The largest absolute Gasteiger partial charge is 0.308 e. The highest BCUT2D eigenvalue weighted by molar-refractivity contribution is 5.34. The highest BCUT2D eigenvalue weighted by Gasteiger charge is 2.17. The smallest absolute Gasteiger partial charge is 0.140 e. The number of halogens is 1. The van der Waals surface area contributed by atoms with Gasteiger partial charge in [-0.15, -0.1) is 0 Å². The van der Waals surface area contributed by atoms with Crippen molar-refractivity contribution in [3.8, 4) is 6.07 Å². The van der Waals surface area contributed by atoms with E-state index in [2.05, 4.69) is 28.8 Å². The Bertz CT molecular complexity index is 501. The van der Waals surface area contributed by atoms with E-state index in [4.69, 9.17) is 5.26 Å². The van der Waals surface area contributed by atoms with Crippen molar-refractivity contribution >= 4 is 0 Å². The first kappa shape index (κ1) is 15.9. The van der Waals surface area contributed by atoms with E-state index >= 15 is 0 Å². The predicted molar refractivity (Wildman–Crippen MR) is 81.4 cm³/mol. The Balaban J connectivity index is 1.82. The first-order valence-electron chi connectivity index (χ1n) is 7.36. The van der Waals surface area contributed by atoms with Crippen molar-refractivity contribution in [1.29, 1.82) is 5.26 Å². The van der Waals surface area contributed by atoms with E-state index in [9.17, 15) is 4.39 Å². The van der Waals surface area contributed by atoms with E-state index < -0.39 is 5.82 Å². The van der Waals surface area contributed by atoms with Gasteiger partial charge in [-0.25, -0.2) is 4.39 Å². The summed E-state index contributed by atoms with van der Waals surface area (Å²) in [6, 6.07) is 6.72. The standard InChI is InChI=1S/C16H23FN4/c1-19(2)5-6-20-7-9-21(10-8-20)13-14-3-4-16(17)15(11-14)12-18/h3-4,11H,5-10,13H2,1-2H3. The fourth-order valence-corrected chi connectivity index (χ4v) is 2.53. The number of likely N-dealkylation sites (N-methyl/N-ethyl adjacent to an activating group) is 1. The Labute approximate surface area is 126 Å². The minimum Gasteiger partial charge on any atom is -0.308 e. The molecule has 1 aliphatic rings. The molecule has 1 fully saturated rings. The molecule has 0 amide bonds. The monoisotopic (exact) mass is 290 g/mol. The van der Waals surface area contributed by atoms with Crippen LogP contribution in [0.15, 0.2) is 18.2 Å². The Morgan fingerprint density at radius 2 is 1.86 bits per heavy atom. The molecule has 0 saturated carbocycles. The number of rotatable bonds is 5. The third-order valence-corrected chi connectivity index (χ3v) is 3.89. The van der Waals surface area contributed by atoms with Crippen molar-refractivity contribution in [1.82, 2.24) is 14.7 Å². The lowest BCUT2D eigenvalue weighted by atomic mass is 10.1. The Morgan fingerprint density at radius 3 is 2.48 bits per heavy atom. The van der Waals surface area contributed by atoms with E-state index in [1.807, 2.05) is 6.07 Å². The number of benzene rings is 1. The molecule has 1 heterocycles. The van der Waals surface area contributed by atoms with Gasteiger partial charge in [0.25, 0.3) is 0 Å². The lowest BCUT2D eigenvalue weighted by Crippen LogP contribution is -2.47. The van der Waals surface area contributed by atoms with Gasteiger partial charge < -0.3 is 4.90 Å². The van der Waals surface area contributed by atoms with Gasteiger partial charge >= 0.3 is 0 Å². The summed E-state index contributed by atoms with van der Waals surface area (Å²) in [5.74, 6) is -0.435. The molecule has 1 saturated heterocycles. The van der Waals surface area contributed by atoms with Crippen LogP contribution in [0.2, 0.25) is 0 Å². The van der Waals surface area contributed by atoms with Crippen LogP contribution >= 0.6 is 0 Å². The summed E-state index contributed by atoms with van der Waals surface area (Å²) in [7, 11) is 4.19.